The van der Waals surface area contributed by atoms with Crippen molar-refractivity contribution in [3.05, 3.63) is 107 Å². The molecule has 1 aliphatic heterocycles. The lowest BCUT2D eigenvalue weighted by Gasteiger charge is -2.32. The minimum absolute atomic E-state index is 0.160. The van der Waals surface area contributed by atoms with Gasteiger partial charge in [-0.1, -0.05) is 85.1 Å². The van der Waals surface area contributed by atoms with Gasteiger partial charge in [0.1, 0.15) is 5.82 Å². The Labute approximate surface area is 193 Å². The number of nitrogens with zero attached hydrogens (tertiary/aromatic N) is 1. The van der Waals surface area contributed by atoms with Gasteiger partial charge in [0.05, 0.1) is 0 Å². The predicted octanol–water partition coefficient (Wildman–Crippen LogP) is 7.71. The number of hydrogen-bond donors (Lipinski definition) is 0. The summed E-state index contributed by atoms with van der Waals surface area (Å²) >= 11 is 0. The molecule has 0 aliphatic carbocycles. The number of piperidine rings is 1. The second-order valence-electron chi connectivity index (χ2n) is 9.39. The first-order valence-electron chi connectivity index (χ1n) is 12.3. The summed E-state index contributed by atoms with van der Waals surface area (Å²) in [7, 11) is 0. The molecular formula is C30H36FN. The molecule has 0 amide bonds. The zero-order chi connectivity index (χ0) is 22.2. The van der Waals surface area contributed by atoms with E-state index in [1.807, 2.05) is 12.1 Å². The molecule has 0 aromatic heterocycles. The highest BCUT2D eigenvalue weighted by Crippen LogP contribution is 2.31. The predicted molar refractivity (Wildman–Crippen MR) is 133 cm³/mol. The van der Waals surface area contributed by atoms with Gasteiger partial charge in [-0.25, -0.2) is 4.39 Å². The molecule has 1 heterocycles. The molecular weight excluding hydrogens is 393 g/mol. The molecule has 0 spiro atoms. The summed E-state index contributed by atoms with van der Waals surface area (Å²) in [5, 5.41) is 0. The monoisotopic (exact) mass is 429 g/mol. The summed E-state index contributed by atoms with van der Waals surface area (Å²) in [4.78, 5) is 2.65. The van der Waals surface area contributed by atoms with E-state index in [1.165, 1.54) is 74.0 Å². The van der Waals surface area contributed by atoms with Crippen LogP contribution in [-0.4, -0.2) is 24.5 Å². The summed E-state index contributed by atoms with van der Waals surface area (Å²) < 4.78 is 13.5. The maximum Gasteiger partial charge on any atom is 0.123 e. The number of benzene rings is 3. The molecule has 2 heteroatoms. The molecule has 1 unspecified atom stereocenters. The standard InChI is InChI=1S/C30H36FN/c1-24-11-13-27(14-12-24)30(28-15-17-29(31)18-16-28)10-6-3-7-21-32-22-19-26(20-23-32)25-8-4-2-5-9-25/h2,4-5,8-9,11-18,26,30H,3,6-7,10,19-23H2,1H3. The smallest absolute Gasteiger partial charge is 0.123 e. The van der Waals surface area contributed by atoms with Crippen LogP contribution in [0.2, 0.25) is 0 Å². The topological polar surface area (TPSA) is 3.24 Å². The van der Waals surface area contributed by atoms with E-state index in [2.05, 4.69) is 66.4 Å². The minimum Gasteiger partial charge on any atom is -0.303 e. The first-order valence-corrected chi connectivity index (χ1v) is 12.3. The first kappa shape index (κ1) is 22.7. The van der Waals surface area contributed by atoms with Gasteiger partial charge < -0.3 is 4.90 Å². The first-order chi connectivity index (χ1) is 15.7. The summed E-state index contributed by atoms with van der Waals surface area (Å²) in [5.41, 5.74) is 5.35. The highest BCUT2D eigenvalue weighted by molar-refractivity contribution is 5.34. The van der Waals surface area contributed by atoms with Crippen LogP contribution in [-0.2, 0) is 0 Å². The third-order valence-corrected chi connectivity index (χ3v) is 7.08. The Bertz CT molecular complexity index is 879. The van der Waals surface area contributed by atoms with E-state index >= 15 is 0 Å². The lowest BCUT2D eigenvalue weighted by Crippen LogP contribution is -2.33. The van der Waals surface area contributed by atoms with E-state index in [4.69, 9.17) is 0 Å². The molecule has 1 nitrogen and oxygen atoms in total. The molecule has 168 valence electrons. The third kappa shape index (κ3) is 6.29. The van der Waals surface area contributed by atoms with Gasteiger partial charge in [0.2, 0.25) is 0 Å². The van der Waals surface area contributed by atoms with E-state index in [1.54, 1.807) is 12.1 Å². The second-order valence-corrected chi connectivity index (χ2v) is 9.39. The van der Waals surface area contributed by atoms with Crippen LogP contribution in [0, 0.1) is 12.7 Å². The molecule has 1 atom stereocenters. The normalized spacial score (nSPS) is 16.2. The van der Waals surface area contributed by atoms with Crippen LogP contribution in [0.15, 0.2) is 78.9 Å². The van der Waals surface area contributed by atoms with E-state index < -0.39 is 0 Å². The van der Waals surface area contributed by atoms with Crippen LogP contribution < -0.4 is 0 Å². The number of likely N-dealkylation sites (tertiary alicyclic amines) is 1. The number of aryl methyl sites for hydroxylation is 1. The summed E-state index contributed by atoms with van der Waals surface area (Å²) in [5.74, 6) is 0.920. The number of hydrogen-bond acceptors (Lipinski definition) is 1. The van der Waals surface area contributed by atoms with Crippen molar-refractivity contribution in [2.75, 3.05) is 19.6 Å². The van der Waals surface area contributed by atoms with Gasteiger partial charge in [-0.3, -0.25) is 0 Å². The van der Waals surface area contributed by atoms with Crippen molar-refractivity contribution in [3.8, 4) is 0 Å². The Balaban J connectivity index is 1.23. The summed E-state index contributed by atoms with van der Waals surface area (Å²) in [6, 6.07) is 26.9. The maximum atomic E-state index is 13.5. The Morgan fingerprint density at radius 2 is 1.41 bits per heavy atom. The van der Waals surface area contributed by atoms with Crippen molar-refractivity contribution < 1.29 is 4.39 Å². The van der Waals surface area contributed by atoms with Crippen LogP contribution in [0.1, 0.15) is 72.6 Å². The van der Waals surface area contributed by atoms with Crippen LogP contribution in [0.3, 0.4) is 0 Å². The quantitative estimate of drug-likeness (QED) is 0.315. The molecule has 0 N–H and O–H groups in total. The molecule has 32 heavy (non-hydrogen) atoms. The SMILES string of the molecule is Cc1ccc(C(CCCCCN2CCC(c3ccccc3)CC2)c2ccc(F)cc2)cc1. The highest BCUT2D eigenvalue weighted by atomic mass is 19.1. The van der Waals surface area contributed by atoms with Crippen molar-refractivity contribution in [1.29, 1.82) is 0 Å². The number of rotatable bonds is 9. The van der Waals surface area contributed by atoms with Crippen molar-refractivity contribution in [1.82, 2.24) is 4.90 Å². The Morgan fingerprint density at radius 1 is 0.781 bits per heavy atom. The number of halogens is 1. The molecule has 0 radical (unpaired) electrons. The Kier molecular flexibility index (Phi) is 8.12. The van der Waals surface area contributed by atoms with E-state index in [-0.39, 0.29) is 5.82 Å². The van der Waals surface area contributed by atoms with Gasteiger partial charge in [0.25, 0.3) is 0 Å². The summed E-state index contributed by atoms with van der Waals surface area (Å²) in [6.07, 6.45) is 7.40. The van der Waals surface area contributed by atoms with Crippen molar-refractivity contribution in [2.45, 2.75) is 57.3 Å². The zero-order valence-corrected chi connectivity index (χ0v) is 19.3. The van der Waals surface area contributed by atoms with Crippen LogP contribution in [0.4, 0.5) is 4.39 Å². The maximum absolute atomic E-state index is 13.5. The lowest BCUT2D eigenvalue weighted by atomic mass is 9.86. The third-order valence-electron chi connectivity index (χ3n) is 7.08. The van der Waals surface area contributed by atoms with Gasteiger partial charge in [-0.05, 0) is 87.0 Å². The summed E-state index contributed by atoms with van der Waals surface area (Å²) in [6.45, 7) is 5.79. The average Bonchev–Trinajstić information content (AvgIpc) is 2.84. The van der Waals surface area contributed by atoms with Gasteiger partial charge in [0.15, 0.2) is 0 Å². The zero-order valence-electron chi connectivity index (χ0n) is 19.3. The van der Waals surface area contributed by atoms with Crippen molar-refractivity contribution in [2.24, 2.45) is 0 Å². The highest BCUT2D eigenvalue weighted by Gasteiger charge is 2.20. The molecule has 1 saturated heterocycles. The molecule has 1 fully saturated rings. The fourth-order valence-electron chi connectivity index (χ4n) is 5.10. The minimum atomic E-state index is -0.160. The van der Waals surface area contributed by atoms with Crippen LogP contribution >= 0.6 is 0 Å². The molecule has 3 aromatic carbocycles. The van der Waals surface area contributed by atoms with E-state index in [9.17, 15) is 4.39 Å². The Morgan fingerprint density at radius 3 is 2.06 bits per heavy atom. The van der Waals surface area contributed by atoms with Gasteiger partial charge >= 0.3 is 0 Å². The van der Waals surface area contributed by atoms with Crippen molar-refractivity contribution >= 4 is 0 Å². The van der Waals surface area contributed by atoms with Crippen molar-refractivity contribution in [3.63, 3.8) is 0 Å². The average molecular weight is 430 g/mol. The second kappa shape index (κ2) is 11.4. The van der Waals surface area contributed by atoms with E-state index in [0.717, 1.165) is 12.3 Å². The largest absolute Gasteiger partial charge is 0.303 e. The van der Waals surface area contributed by atoms with Gasteiger partial charge in [-0.2, -0.15) is 0 Å². The fourth-order valence-corrected chi connectivity index (χ4v) is 5.10. The van der Waals surface area contributed by atoms with Gasteiger partial charge in [0, 0.05) is 5.92 Å². The molecule has 0 bridgehead atoms. The van der Waals surface area contributed by atoms with Crippen LogP contribution in [0.5, 0.6) is 0 Å². The lowest BCUT2D eigenvalue weighted by molar-refractivity contribution is 0.208. The van der Waals surface area contributed by atoms with E-state index in [0.29, 0.717) is 5.92 Å². The molecule has 0 saturated carbocycles. The molecule has 4 rings (SSSR count). The Hall–Kier alpha value is -2.45. The number of unbranched alkanes of at least 4 members (excludes halogenated alkanes) is 2. The molecule has 1 aliphatic rings. The van der Waals surface area contributed by atoms with Gasteiger partial charge in [-0.15, -0.1) is 0 Å². The fraction of sp³-hybridized carbons (Fsp3) is 0.400. The van der Waals surface area contributed by atoms with Crippen LogP contribution in [0.25, 0.3) is 0 Å². The molecule has 3 aromatic rings.